The van der Waals surface area contributed by atoms with Gasteiger partial charge in [0.05, 0.1) is 21.7 Å². The number of hydrogen-bond donors (Lipinski definition) is 2. The maximum Gasteiger partial charge on any atom is 0.335 e. The molecule has 1 fully saturated rings. The van der Waals surface area contributed by atoms with Gasteiger partial charge in [-0.05, 0) is 55.8 Å². The van der Waals surface area contributed by atoms with Crippen LogP contribution in [-0.4, -0.2) is 32.4 Å². The molecule has 1 aliphatic rings. The molecule has 1 amide bonds. The number of hydrogen-bond acceptors (Lipinski definition) is 6. The highest BCUT2D eigenvalue weighted by Crippen LogP contribution is 2.38. The van der Waals surface area contributed by atoms with Gasteiger partial charge in [-0.15, -0.1) is 0 Å². The second kappa shape index (κ2) is 8.68. The van der Waals surface area contributed by atoms with E-state index in [-0.39, 0.29) is 22.8 Å². The van der Waals surface area contributed by atoms with Crippen LogP contribution < -0.4 is 4.90 Å². The number of carbonyl (C=O) groups excluding carboxylic acids is 1. The summed E-state index contributed by atoms with van der Waals surface area (Å²) in [4.78, 5) is 37.6. The Balaban J connectivity index is 1.66. The van der Waals surface area contributed by atoms with Crippen LogP contribution in [0.4, 0.5) is 5.69 Å². The summed E-state index contributed by atoms with van der Waals surface area (Å²) in [5, 5.41) is 18.5. The van der Waals surface area contributed by atoms with E-state index in [1.54, 1.807) is 18.2 Å². The molecule has 3 aromatic rings. The number of carboxylic acid groups (broad SMARTS) is 2. The van der Waals surface area contributed by atoms with E-state index >= 15 is 0 Å². The van der Waals surface area contributed by atoms with Crippen molar-refractivity contribution in [2.45, 2.75) is 13.8 Å². The normalized spacial score (nSPS) is 14.8. The average molecular weight is 480 g/mol. The number of carboxylic acids is 2. The third kappa shape index (κ3) is 4.46. The van der Waals surface area contributed by atoms with E-state index in [0.29, 0.717) is 20.5 Å². The zero-order valence-electron chi connectivity index (χ0n) is 17.5. The summed E-state index contributed by atoms with van der Waals surface area (Å²) in [6, 6.07) is 12.7. The fraction of sp³-hybridized carbons (Fsp3) is 0.0833. The predicted octanol–water partition coefficient (Wildman–Crippen LogP) is 5.37. The second-order valence-electron chi connectivity index (χ2n) is 7.42. The zero-order chi connectivity index (χ0) is 23.9. The molecule has 9 heteroatoms. The van der Waals surface area contributed by atoms with Crippen molar-refractivity contribution < 1.29 is 29.0 Å². The number of furan rings is 1. The molecule has 33 heavy (non-hydrogen) atoms. The topological polar surface area (TPSA) is 108 Å². The van der Waals surface area contributed by atoms with Crippen LogP contribution in [0.2, 0.25) is 0 Å². The van der Waals surface area contributed by atoms with Crippen LogP contribution in [0.3, 0.4) is 0 Å². The van der Waals surface area contributed by atoms with Crippen LogP contribution in [0.25, 0.3) is 17.4 Å². The van der Waals surface area contributed by atoms with Gasteiger partial charge in [-0.2, -0.15) is 0 Å². The van der Waals surface area contributed by atoms with Crippen molar-refractivity contribution in [2.75, 3.05) is 4.90 Å². The number of thioether (sulfide) groups is 1. The van der Waals surface area contributed by atoms with Crippen LogP contribution >= 0.6 is 24.0 Å². The van der Waals surface area contributed by atoms with Gasteiger partial charge in [0, 0.05) is 11.6 Å². The van der Waals surface area contributed by atoms with Crippen LogP contribution in [0.1, 0.15) is 37.6 Å². The Hall–Kier alpha value is -3.69. The first kappa shape index (κ1) is 22.5. The molecule has 0 aliphatic carbocycles. The van der Waals surface area contributed by atoms with Gasteiger partial charge in [-0.25, -0.2) is 9.59 Å². The molecule has 1 saturated heterocycles. The molecule has 2 N–H and O–H groups in total. The van der Waals surface area contributed by atoms with Crippen molar-refractivity contribution in [2.24, 2.45) is 0 Å². The van der Waals surface area contributed by atoms with Crippen LogP contribution in [0.5, 0.6) is 0 Å². The summed E-state index contributed by atoms with van der Waals surface area (Å²) in [5.41, 5.74) is 2.70. The van der Waals surface area contributed by atoms with Gasteiger partial charge in [-0.1, -0.05) is 41.7 Å². The van der Waals surface area contributed by atoms with Gasteiger partial charge in [0.25, 0.3) is 5.91 Å². The molecule has 0 saturated carbocycles. The molecule has 0 bridgehead atoms. The lowest BCUT2D eigenvalue weighted by Crippen LogP contribution is -2.28. The third-order valence-electron chi connectivity index (χ3n) is 5.00. The fourth-order valence-electron chi connectivity index (χ4n) is 3.46. The smallest absolute Gasteiger partial charge is 0.335 e. The lowest BCUT2D eigenvalue weighted by molar-refractivity contribution is -0.113. The van der Waals surface area contributed by atoms with Crippen molar-refractivity contribution in [3.63, 3.8) is 0 Å². The number of anilines is 1. The van der Waals surface area contributed by atoms with Crippen molar-refractivity contribution in [3.05, 3.63) is 81.5 Å². The monoisotopic (exact) mass is 479 g/mol. The Kier molecular flexibility index (Phi) is 5.92. The number of amides is 1. The molecule has 7 nitrogen and oxygen atoms in total. The van der Waals surface area contributed by atoms with Gasteiger partial charge in [0.2, 0.25) is 0 Å². The minimum absolute atomic E-state index is 0.169. The van der Waals surface area contributed by atoms with E-state index in [1.165, 1.54) is 17.0 Å². The lowest BCUT2D eigenvalue weighted by atomic mass is 10.0. The highest BCUT2D eigenvalue weighted by molar-refractivity contribution is 8.27. The van der Waals surface area contributed by atoms with Crippen LogP contribution in [0, 0.1) is 13.8 Å². The van der Waals surface area contributed by atoms with Gasteiger partial charge in [0.15, 0.2) is 4.32 Å². The number of benzene rings is 2. The molecule has 0 spiro atoms. The zero-order valence-corrected chi connectivity index (χ0v) is 19.1. The van der Waals surface area contributed by atoms with E-state index in [0.717, 1.165) is 34.6 Å². The minimum atomic E-state index is -1.25. The summed E-state index contributed by atoms with van der Waals surface area (Å²) in [7, 11) is 0. The van der Waals surface area contributed by atoms with Crippen molar-refractivity contribution in [3.8, 4) is 11.3 Å². The van der Waals surface area contributed by atoms with Crippen molar-refractivity contribution in [1.82, 2.24) is 0 Å². The van der Waals surface area contributed by atoms with E-state index < -0.39 is 11.9 Å². The molecule has 1 aromatic heterocycles. The highest BCUT2D eigenvalue weighted by Gasteiger charge is 2.34. The molecule has 1 aliphatic heterocycles. The maximum atomic E-state index is 13.1. The summed E-state index contributed by atoms with van der Waals surface area (Å²) in [6.45, 7) is 3.89. The fourth-order valence-corrected chi connectivity index (χ4v) is 4.73. The minimum Gasteiger partial charge on any atom is -0.478 e. The molecule has 2 aromatic carbocycles. The largest absolute Gasteiger partial charge is 0.478 e. The second-order valence-corrected chi connectivity index (χ2v) is 9.09. The molecule has 0 radical (unpaired) electrons. The Bertz CT molecular complexity index is 1340. The van der Waals surface area contributed by atoms with Crippen molar-refractivity contribution >= 4 is 57.9 Å². The molecular formula is C24H17NO6S2. The molecule has 0 atom stereocenters. The Morgan fingerprint density at radius 1 is 1.00 bits per heavy atom. The highest BCUT2D eigenvalue weighted by atomic mass is 32.2. The van der Waals surface area contributed by atoms with Gasteiger partial charge < -0.3 is 14.6 Å². The molecule has 2 heterocycles. The first-order chi connectivity index (χ1) is 15.6. The predicted molar refractivity (Wildman–Crippen MR) is 130 cm³/mol. The van der Waals surface area contributed by atoms with Gasteiger partial charge in [0.1, 0.15) is 11.5 Å². The Morgan fingerprint density at radius 3 is 2.27 bits per heavy atom. The van der Waals surface area contributed by atoms with E-state index in [9.17, 15) is 24.6 Å². The first-order valence-corrected chi connectivity index (χ1v) is 10.9. The average Bonchev–Trinajstić information content (AvgIpc) is 3.33. The lowest BCUT2D eigenvalue weighted by Gasteiger charge is -2.17. The number of nitrogens with zero attached hydrogens (tertiary/aromatic N) is 1. The van der Waals surface area contributed by atoms with Crippen LogP contribution in [0.15, 0.2) is 57.9 Å². The number of rotatable bonds is 5. The summed E-state index contributed by atoms with van der Waals surface area (Å²) < 4.78 is 6.18. The van der Waals surface area contributed by atoms with Crippen LogP contribution in [-0.2, 0) is 4.79 Å². The maximum absolute atomic E-state index is 13.1. The van der Waals surface area contributed by atoms with Gasteiger partial charge >= 0.3 is 11.9 Å². The third-order valence-corrected chi connectivity index (χ3v) is 6.30. The Morgan fingerprint density at radius 2 is 1.67 bits per heavy atom. The number of aromatic carboxylic acids is 2. The molecule has 166 valence electrons. The summed E-state index contributed by atoms with van der Waals surface area (Å²) in [6.07, 6.45) is 1.56. The van der Waals surface area contributed by atoms with E-state index in [4.69, 9.17) is 16.6 Å². The van der Waals surface area contributed by atoms with E-state index in [2.05, 4.69) is 0 Å². The molecule has 0 unspecified atom stereocenters. The standard InChI is InChI=1S/C24H17NO6S2/c1-12-3-5-18(13(2)7-12)25-21(26)20(33-24(25)32)11-17-4-6-19(31-17)14-8-15(22(27)28)10-16(9-14)23(29)30/h3-11H,1-2H3,(H,27,28)(H,29,30). The SMILES string of the molecule is Cc1ccc(N2C(=O)C(=Cc3ccc(-c4cc(C(=O)O)cc(C(=O)O)c4)o3)SC2=S)c(C)c1. The summed E-state index contributed by atoms with van der Waals surface area (Å²) in [5.74, 6) is -2.14. The number of thiocarbonyl (C=S) groups is 1. The molecule has 4 rings (SSSR count). The first-order valence-electron chi connectivity index (χ1n) is 9.71. The summed E-state index contributed by atoms with van der Waals surface area (Å²) >= 11 is 6.59. The van der Waals surface area contributed by atoms with E-state index in [1.807, 2.05) is 32.0 Å². The van der Waals surface area contributed by atoms with Crippen molar-refractivity contribution in [1.29, 1.82) is 0 Å². The Labute approximate surface area is 198 Å². The number of carbonyl (C=O) groups is 3. The molecular weight excluding hydrogens is 462 g/mol. The number of aryl methyl sites for hydroxylation is 2. The quantitative estimate of drug-likeness (QED) is 0.372. The van der Waals surface area contributed by atoms with Gasteiger partial charge in [-0.3, -0.25) is 9.69 Å².